The van der Waals surface area contributed by atoms with E-state index in [0.717, 1.165) is 0 Å². The van der Waals surface area contributed by atoms with Crippen molar-refractivity contribution >= 4 is 12.3 Å². The first-order valence-electron chi connectivity index (χ1n) is 3.02. The fourth-order valence-corrected chi connectivity index (χ4v) is 0.406. The van der Waals surface area contributed by atoms with Gasteiger partial charge in [0.05, 0.1) is 6.21 Å². The molecule has 3 nitrogen and oxygen atoms in total. The van der Waals surface area contributed by atoms with Gasteiger partial charge in [0, 0.05) is 0 Å². The number of hydrogen-bond acceptors (Lipinski definition) is 1. The molecule has 1 N–H and O–H groups in total. The van der Waals surface area contributed by atoms with E-state index >= 15 is 0 Å². The molecular formula is C5H2F7NO2. The molecule has 0 unspecified atom stereocenters. The molecule has 88 valence electrons. The molecule has 0 rings (SSSR count). The number of amides is 1. The van der Waals surface area contributed by atoms with Gasteiger partial charge in [0.25, 0.3) is 0 Å². The highest BCUT2D eigenvalue weighted by Crippen LogP contribution is 2.45. The van der Waals surface area contributed by atoms with Crippen LogP contribution >= 0.6 is 0 Å². The minimum absolute atomic E-state index is 1.26. The summed E-state index contributed by atoms with van der Waals surface area (Å²) in [6.07, 6.45) is -10.1. The van der Waals surface area contributed by atoms with E-state index in [1.165, 1.54) is 0 Å². The van der Waals surface area contributed by atoms with Crippen LogP contribution in [0.2, 0.25) is 0 Å². The van der Waals surface area contributed by atoms with Crippen molar-refractivity contribution in [2.75, 3.05) is 0 Å². The quantitative estimate of drug-likeness (QED) is 0.596. The summed E-state index contributed by atoms with van der Waals surface area (Å²) >= 11 is 0. The lowest BCUT2D eigenvalue weighted by Crippen LogP contribution is -2.52. The largest absolute Gasteiger partial charge is 0.463 e. The van der Waals surface area contributed by atoms with Crippen LogP contribution in [0.3, 0.4) is 0 Å². The van der Waals surface area contributed by atoms with Crippen molar-refractivity contribution in [3.8, 4) is 0 Å². The van der Waals surface area contributed by atoms with Crippen molar-refractivity contribution in [3.63, 3.8) is 0 Å². The van der Waals surface area contributed by atoms with Crippen LogP contribution in [-0.4, -0.2) is 35.4 Å². The Kier molecular flexibility index (Phi) is 3.33. The van der Waals surface area contributed by atoms with E-state index in [4.69, 9.17) is 5.11 Å². The van der Waals surface area contributed by atoms with Crippen molar-refractivity contribution in [3.05, 3.63) is 0 Å². The number of carboxylic acid groups (broad SMARTS) is 1. The Morgan fingerprint density at radius 3 is 1.73 bits per heavy atom. The topological polar surface area (TPSA) is 49.7 Å². The van der Waals surface area contributed by atoms with E-state index in [1.54, 1.807) is 4.99 Å². The van der Waals surface area contributed by atoms with Crippen LogP contribution in [0.4, 0.5) is 35.5 Å². The summed E-state index contributed by atoms with van der Waals surface area (Å²) < 4.78 is 82.6. The fourth-order valence-electron chi connectivity index (χ4n) is 0.406. The molecule has 0 aliphatic rings. The zero-order valence-corrected chi connectivity index (χ0v) is 6.53. The minimum Gasteiger partial charge on any atom is -0.463 e. The Balaban J connectivity index is 5.10. The SMILES string of the molecule is O=C(O)N=CC(F)(F)C(F)(F)C(F)(F)F. The van der Waals surface area contributed by atoms with E-state index < -0.39 is 30.3 Å². The van der Waals surface area contributed by atoms with Gasteiger partial charge in [-0.25, -0.2) is 4.79 Å². The van der Waals surface area contributed by atoms with Crippen LogP contribution in [0.1, 0.15) is 0 Å². The molecule has 10 heteroatoms. The van der Waals surface area contributed by atoms with Gasteiger partial charge in [-0.15, -0.1) is 0 Å². The van der Waals surface area contributed by atoms with Gasteiger partial charge in [0.15, 0.2) is 0 Å². The van der Waals surface area contributed by atoms with Crippen LogP contribution in [0.15, 0.2) is 4.99 Å². The van der Waals surface area contributed by atoms with Crippen LogP contribution < -0.4 is 0 Å². The third kappa shape index (κ3) is 2.80. The minimum atomic E-state index is -6.50. The van der Waals surface area contributed by atoms with Crippen LogP contribution in [-0.2, 0) is 0 Å². The Labute approximate surface area is 77.2 Å². The Morgan fingerprint density at radius 2 is 1.47 bits per heavy atom. The standard InChI is InChI=1S/C5H2F7NO2/c6-3(7,1-13-2(14)15)4(8,9)5(10,11)12/h1H,(H,14,15). The average Bonchev–Trinajstić information content (AvgIpc) is 1.98. The Hall–Kier alpha value is -1.35. The normalized spacial score (nSPS) is 14.6. The summed E-state index contributed by atoms with van der Waals surface area (Å²) in [5, 5.41) is 7.69. The average molecular weight is 241 g/mol. The number of rotatable bonds is 2. The third-order valence-electron chi connectivity index (χ3n) is 1.11. The lowest BCUT2D eigenvalue weighted by atomic mass is 10.2. The maximum atomic E-state index is 12.2. The van der Waals surface area contributed by atoms with E-state index in [-0.39, 0.29) is 0 Å². The zero-order chi connectivity index (χ0) is 12.5. The second kappa shape index (κ2) is 3.66. The molecule has 0 aromatic carbocycles. The summed E-state index contributed by atoms with van der Waals surface area (Å²) in [6.45, 7) is 0. The van der Waals surface area contributed by atoms with E-state index in [1.807, 2.05) is 0 Å². The van der Waals surface area contributed by atoms with E-state index in [2.05, 4.69) is 0 Å². The Morgan fingerprint density at radius 1 is 1.07 bits per heavy atom. The molecule has 0 aliphatic carbocycles. The van der Waals surface area contributed by atoms with Crippen molar-refractivity contribution in [2.24, 2.45) is 4.99 Å². The molecule has 0 atom stereocenters. The van der Waals surface area contributed by atoms with Gasteiger partial charge in [-0.05, 0) is 0 Å². The van der Waals surface area contributed by atoms with E-state index in [9.17, 15) is 35.5 Å². The van der Waals surface area contributed by atoms with Crippen LogP contribution in [0, 0.1) is 0 Å². The van der Waals surface area contributed by atoms with Gasteiger partial charge in [0.2, 0.25) is 0 Å². The second-order valence-electron chi connectivity index (χ2n) is 2.24. The van der Waals surface area contributed by atoms with Gasteiger partial charge < -0.3 is 5.11 Å². The lowest BCUT2D eigenvalue weighted by molar-refractivity contribution is -0.335. The number of nitrogens with zero attached hydrogens (tertiary/aromatic N) is 1. The molecule has 0 bridgehead atoms. The van der Waals surface area contributed by atoms with E-state index in [0.29, 0.717) is 0 Å². The molecule has 1 amide bonds. The molecule has 0 aromatic rings. The highest BCUT2D eigenvalue weighted by atomic mass is 19.4. The van der Waals surface area contributed by atoms with Crippen molar-refractivity contribution in [2.45, 2.75) is 18.0 Å². The molecule has 15 heavy (non-hydrogen) atoms. The van der Waals surface area contributed by atoms with Crippen molar-refractivity contribution in [1.29, 1.82) is 0 Å². The highest BCUT2D eigenvalue weighted by molar-refractivity contribution is 5.81. The molecule has 0 spiro atoms. The van der Waals surface area contributed by atoms with Gasteiger partial charge in [0.1, 0.15) is 0 Å². The first-order valence-corrected chi connectivity index (χ1v) is 3.02. The molecule has 0 radical (unpaired) electrons. The summed E-state index contributed by atoms with van der Waals surface area (Å²) in [5.41, 5.74) is 0. The lowest BCUT2D eigenvalue weighted by Gasteiger charge is -2.24. The summed E-state index contributed by atoms with van der Waals surface area (Å²) in [4.78, 5) is 11.3. The maximum Gasteiger partial charge on any atom is 0.460 e. The Bertz CT molecular complexity index is 282. The highest BCUT2D eigenvalue weighted by Gasteiger charge is 2.72. The van der Waals surface area contributed by atoms with Gasteiger partial charge in [-0.3, -0.25) is 0 Å². The zero-order valence-electron chi connectivity index (χ0n) is 6.53. The molecule has 0 heterocycles. The first-order chi connectivity index (χ1) is 6.42. The second-order valence-corrected chi connectivity index (χ2v) is 2.24. The first kappa shape index (κ1) is 13.7. The summed E-state index contributed by atoms with van der Waals surface area (Å²) in [7, 11) is 0. The number of alkyl halides is 7. The molecule has 0 aromatic heterocycles. The number of hydrogen-bond donors (Lipinski definition) is 1. The predicted octanol–water partition coefficient (Wildman–Crippen LogP) is 2.57. The van der Waals surface area contributed by atoms with Crippen LogP contribution in [0.25, 0.3) is 0 Å². The summed E-state index contributed by atoms with van der Waals surface area (Å²) in [6, 6.07) is 0. The number of aliphatic imine (C=N–C) groups is 1. The molecule has 0 aliphatic heterocycles. The predicted molar refractivity (Wildman–Crippen MR) is 32.5 cm³/mol. The van der Waals surface area contributed by atoms with Crippen molar-refractivity contribution in [1.82, 2.24) is 0 Å². The number of halogens is 7. The monoisotopic (exact) mass is 241 g/mol. The molecule has 0 fully saturated rings. The third-order valence-corrected chi connectivity index (χ3v) is 1.11. The van der Waals surface area contributed by atoms with Crippen LogP contribution in [0.5, 0.6) is 0 Å². The van der Waals surface area contributed by atoms with Gasteiger partial charge >= 0.3 is 24.1 Å². The van der Waals surface area contributed by atoms with Gasteiger partial charge in [-0.2, -0.15) is 35.7 Å². The summed E-state index contributed by atoms with van der Waals surface area (Å²) in [5.74, 6) is -12.1. The molecule has 0 saturated heterocycles. The fraction of sp³-hybridized carbons (Fsp3) is 0.600. The van der Waals surface area contributed by atoms with Gasteiger partial charge in [-0.1, -0.05) is 0 Å². The van der Waals surface area contributed by atoms with Crippen molar-refractivity contribution < 1.29 is 40.6 Å². The maximum absolute atomic E-state index is 12.2. The number of carbonyl (C=O) groups is 1. The molecular weight excluding hydrogens is 239 g/mol. The smallest absolute Gasteiger partial charge is 0.460 e. The molecule has 0 saturated carbocycles.